The number of aromatic hydroxyl groups is 1. The zero-order valence-corrected chi connectivity index (χ0v) is 20.7. The smallest absolute Gasteiger partial charge is 0.225 e. The molecular weight excluding hydrogens is 452 g/mol. The van der Waals surface area contributed by atoms with Gasteiger partial charge in [-0.05, 0) is 49.4 Å². The number of benzene rings is 2. The predicted octanol–water partition coefficient (Wildman–Crippen LogP) is 3.85. The van der Waals surface area contributed by atoms with Gasteiger partial charge in [0.05, 0.1) is 0 Å². The van der Waals surface area contributed by atoms with Crippen molar-refractivity contribution in [1.29, 1.82) is 0 Å². The Morgan fingerprint density at radius 1 is 0.833 bits per heavy atom. The number of rotatable bonds is 6. The lowest BCUT2D eigenvalue weighted by molar-refractivity contribution is -0.142. The molecule has 0 spiro atoms. The second-order valence-corrected chi connectivity index (χ2v) is 9.82. The fraction of sp³-hybridized carbons (Fsp3) is 0.414. The molecule has 5 rings (SSSR count). The molecule has 3 aromatic rings. The van der Waals surface area contributed by atoms with Gasteiger partial charge in [-0.1, -0.05) is 42.5 Å². The average Bonchev–Trinajstić information content (AvgIpc) is 2.93. The standard InChI is InChI=1S/C29H34N4O3/c34-25-10-5-9-23-12-13-26(30-28(23)25)31-16-14-24(15-17-31)29(36)33-20-18-32(19-21-33)27(35)11-4-8-22-6-2-1-3-7-22/h1-3,5-7,9-10,12-13,24,34H,4,8,11,14-21H2. The highest BCUT2D eigenvalue weighted by atomic mass is 16.3. The van der Waals surface area contributed by atoms with Crippen LogP contribution in [-0.2, 0) is 16.0 Å². The number of carbonyl (C=O) groups is 2. The van der Waals surface area contributed by atoms with E-state index in [9.17, 15) is 14.7 Å². The Morgan fingerprint density at radius 3 is 2.31 bits per heavy atom. The van der Waals surface area contributed by atoms with Crippen LogP contribution in [0.4, 0.5) is 5.82 Å². The Hall–Kier alpha value is -3.61. The normalized spacial score (nSPS) is 16.9. The number of carbonyl (C=O) groups excluding carboxylic acids is 2. The molecule has 188 valence electrons. The fourth-order valence-electron chi connectivity index (χ4n) is 5.33. The number of aromatic nitrogens is 1. The van der Waals surface area contributed by atoms with E-state index in [4.69, 9.17) is 0 Å². The van der Waals surface area contributed by atoms with Crippen molar-refractivity contribution in [1.82, 2.24) is 14.8 Å². The van der Waals surface area contributed by atoms with Crippen molar-refractivity contribution in [2.45, 2.75) is 32.1 Å². The molecule has 0 aliphatic carbocycles. The van der Waals surface area contributed by atoms with Gasteiger partial charge in [0.1, 0.15) is 17.1 Å². The van der Waals surface area contributed by atoms with Gasteiger partial charge in [-0.3, -0.25) is 9.59 Å². The van der Waals surface area contributed by atoms with Crippen LogP contribution < -0.4 is 4.90 Å². The van der Waals surface area contributed by atoms with Crippen molar-refractivity contribution in [3.8, 4) is 5.75 Å². The SMILES string of the molecule is O=C(CCCc1ccccc1)N1CCN(C(=O)C2CCN(c3ccc4cccc(O)c4n3)CC2)CC1. The van der Waals surface area contributed by atoms with Gasteiger partial charge in [0, 0.05) is 57.0 Å². The van der Waals surface area contributed by atoms with Crippen molar-refractivity contribution in [3.05, 3.63) is 66.2 Å². The number of piperazine rings is 1. The van der Waals surface area contributed by atoms with E-state index >= 15 is 0 Å². The second kappa shape index (κ2) is 11.0. The molecule has 7 nitrogen and oxygen atoms in total. The first-order valence-electron chi connectivity index (χ1n) is 13.0. The van der Waals surface area contributed by atoms with Crippen LogP contribution in [0.3, 0.4) is 0 Å². The van der Waals surface area contributed by atoms with Crippen LogP contribution in [0.15, 0.2) is 60.7 Å². The summed E-state index contributed by atoms with van der Waals surface area (Å²) < 4.78 is 0. The number of anilines is 1. The van der Waals surface area contributed by atoms with Crippen molar-refractivity contribution in [2.24, 2.45) is 5.92 Å². The summed E-state index contributed by atoms with van der Waals surface area (Å²) in [5.74, 6) is 1.46. The van der Waals surface area contributed by atoms with Crippen LogP contribution in [-0.4, -0.2) is 71.0 Å². The van der Waals surface area contributed by atoms with Gasteiger partial charge in [0.15, 0.2) is 0 Å². The number of para-hydroxylation sites is 1. The lowest BCUT2D eigenvalue weighted by Gasteiger charge is -2.39. The van der Waals surface area contributed by atoms with E-state index in [0.717, 1.165) is 50.0 Å². The van der Waals surface area contributed by atoms with Gasteiger partial charge < -0.3 is 19.8 Å². The van der Waals surface area contributed by atoms with E-state index in [2.05, 4.69) is 22.0 Å². The Kier molecular flexibility index (Phi) is 7.35. The van der Waals surface area contributed by atoms with Crippen molar-refractivity contribution in [3.63, 3.8) is 0 Å². The van der Waals surface area contributed by atoms with Crippen molar-refractivity contribution >= 4 is 28.5 Å². The van der Waals surface area contributed by atoms with Gasteiger partial charge in [-0.25, -0.2) is 4.98 Å². The number of fused-ring (bicyclic) bond motifs is 1. The number of piperidine rings is 1. The number of amides is 2. The number of phenols is 1. The highest BCUT2D eigenvalue weighted by Crippen LogP contribution is 2.28. The number of aryl methyl sites for hydroxylation is 1. The third-order valence-electron chi connectivity index (χ3n) is 7.50. The number of hydrogen-bond acceptors (Lipinski definition) is 5. The summed E-state index contributed by atoms with van der Waals surface area (Å²) in [5.41, 5.74) is 1.88. The van der Waals surface area contributed by atoms with E-state index in [1.165, 1.54) is 5.56 Å². The molecule has 1 aromatic heterocycles. The minimum Gasteiger partial charge on any atom is -0.506 e. The molecule has 2 fully saturated rings. The van der Waals surface area contributed by atoms with Gasteiger partial charge in [-0.15, -0.1) is 0 Å². The Morgan fingerprint density at radius 2 is 1.56 bits per heavy atom. The fourth-order valence-corrected chi connectivity index (χ4v) is 5.33. The summed E-state index contributed by atoms with van der Waals surface area (Å²) in [6.07, 6.45) is 3.91. The summed E-state index contributed by atoms with van der Waals surface area (Å²) in [5, 5.41) is 11.1. The first-order chi connectivity index (χ1) is 17.6. The largest absolute Gasteiger partial charge is 0.506 e. The van der Waals surface area contributed by atoms with E-state index in [1.807, 2.05) is 52.3 Å². The van der Waals surface area contributed by atoms with Crippen LogP contribution in [0, 0.1) is 5.92 Å². The molecule has 7 heteroatoms. The zero-order valence-electron chi connectivity index (χ0n) is 20.7. The summed E-state index contributed by atoms with van der Waals surface area (Å²) in [6.45, 7) is 4.02. The molecule has 2 aromatic carbocycles. The van der Waals surface area contributed by atoms with E-state index < -0.39 is 0 Å². The van der Waals surface area contributed by atoms with Crippen molar-refractivity contribution in [2.75, 3.05) is 44.2 Å². The Balaban J connectivity index is 1.07. The molecule has 0 saturated carbocycles. The summed E-state index contributed by atoms with van der Waals surface area (Å²) in [4.78, 5) is 36.5. The zero-order chi connectivity index (χ0) is 24.9. The Labute approximate surface area is 212 Å². The molecule has 0 atom stereocenters. The maximum atomic E-state index is 13.2. The molecule has 2 saturated heterocycles. The van der Waals surface area contributed by atoms with Gasteiger partial charge in [0.25, 0.3) is 0 Å². The summed E-state index contributed by atoms with van der Waals surface area (Å²) in [6, 6.07) is 19.6. The predicted molar refractivity (Wildman–Crippen MR) is 141 cm³/mol. The van der Waals surface area contributed by atoms with Crippen LogP contribution in [0.1, 0.15) is 31.2 Å². The first kappa shape index (κ1) is 24.1. The van der Waals surface area contributed by atoms with E-state index in [1.54, 1.807) is 6.07 Å². The number of pyridine rings is 1. The molecule has 0 radical (unpaired) electrons. The van der Waals surface area contributed by atoms with E-state index in [0.29, 0.717) is 38.1 Å². The number of phenolic OH excluding ortho intramolecular Hbond substituents is 1. The lowest BCUT2D eigenvalue weighted by atomic mass is 9.95. The Bertz CT molecular complexity index is 1200. The third kappa shape index (κ3) is 5.45. The van der Waals surface area contributed by atoms with Gasteiger partial charge >= 0.3 is 0 Å². The van der Waals surface area contributed by atoms with Crippen molar-refractivity contribution < 1.29 is 14.7 Å². The molecular formula is C29H34N4O3. The van der Waals surface area contributed by atoms with Crippen LogP contribution in [0.25, 0.3) is 10.9 Å². The third-order valence-corrected chi connectivity index (χ3v) is 7.50. The van der Waals surface area contributed by atoms with Gasteiger partial charge in [0.2, 0.25) is 11.8 Å². The van der Waals surface area contributed by atoms with Crippen LogP contribution >= 0.6 is 0 Å². The number of nitrogens with zero attached hydrogens (tertiary/aromatic N) is 4. The molecule has 2 aliphatic heterocycles. The molecule has 2 aliphatic rings. The summed E-state index contributed by atoms with van der Waals surface area (Å²) in [7, 11) is 0. The molecule has 0 bridgehead atoms. The average molecular weight is 487 g/mol. The highest BCUT2D eigenvalue weighted by molar-refractivity contribution is 5.85. The highest BCUT2D eigenvalue weighted by Gasteiger charge is 2.31. The minimum absolute atomic E-state index is 0.0169. The van der Waals surface area contributed by atoms with E-state index in [-0.39, 0.29) is 23.5 Å². The monoisotopic (exact) mass is 486 g/mol. The second-order valence-electron chi connectivity index (χ2n) is 9.82. The molecule has 2 amide bonds. The molecule has 36 heavy (non-hydrogen) atoms. The van der Waals surface area contributed by atoms with Crippen LogP contribution in [0.5, 0.6) is 5.75 Å². The first-order valence-corrected chi connectivity index (χ1v) is 13.0. The number of hydrogen-bond donors (Lipinski definition) is 1. The summed E-state index contributed by atoms with van der Waals surface area (Å²) >= 11 is 0. The van der Waals surface area contributed by atoms with Gasteiger partial charge in [-0.2, -0.15) is 0 Å². The maximum Gasteiger partial charge on any atom is 0.225 e. The quantitative estimate of drug-likeness (QED) is 0.573. The topological polar surface area (TPSA) is 77.0 Å². The molecule has 1 N–H and O–H groups in total. The minimum atomic E-state index is 0.0169. The lowest BCUT2D eigenvalue weighted by Crippen LogP contribution is -2.53. The molecule has 3 heterocycles. The maximum absolute atomic E-state index is 13.2. The molecule has 0 unspecified atom stereocenters. The van der Waals surface area contributed by atoms with Crippen LogP contribution in [0.2, 0.25) is 0 Å².